The van der Waals surface area contributed by atoms with Crippen molar-refractivity contribution in [3.05, 3.63) is 0 Å². The molecule has 0 saturated carbocycles. The van der Waals surface area contributed by atoms with E-state index >= 15 is 0 Å². The molecule has 0 fully saturated rings. The zero-order valence-electron chi connectivity index (χ0n) is 11.9. The summed E-state index contributed by atoms with van der Waals surface area (Å²) in [5, 5.41) is 0. The third kappa shape index (κ3) is 6.94. The second-order valence-corrected chi connectivity index (χ2v) is 6.37. The molecular formula is C14H31N. The van der Waals surface area contributed by atoms with E-state index in [9.17, 15) is 0 Å². The van der Waals surface area contributed by atoms with E-state index in [1.54, 1.807) is 0 Å². The zero-order chi connectivity index (χ0) is 12.1. The van der Waals surface area contributed by atoms with Crippen molar-refractivity contribution in [2.24, 2.45) is 11.3 Å². The molecule has 0 amide bonds. The summed E-state index contributed by atoms with van der Waals surface area (Å²) in [6, 6.07) is 0.742. The minimum Gasteiger partial charge on any atom is -0.306 e. The lowest BCUT2D eigenvalue weighted by Gasteiger charge is -2.34. The summed E-state index contributed by atoms with van der Waals surface area (Å²) in [5.74, 6) is 0.801. The Morgan fingerprint density at radius 2 is 1.67 bits per heavy atom. The van der Waals surface area contributed by atoms with Crippen molar-refractivity contribution < 1.29 is 0 Å². The topological polar surface area (TPSA) is 3.24 Å². The molecular weight excluding hydrogens is 182 g/mol. The lowest BCUT2D eigenvalue weighted by Crippen LogP contribution is -2.34. The number of nitrogens with zero attached hydrogens (tertiary/aromatic N) is 1. The smallest absolute Gasteiger partial charge is 0.00966 e. The van der Waals surface area contributed by atoms with E-state index in [0.29, 0.717) is 5.41 Å². The van der Waals surface area contributed by atoms with Crippen molar-refractivity contribution in [1.29, 1.82) is 0 Å². The van der Waals surface area contributed by atoms with Crippen LogP contribution in [-0.2, 0) is 0 Å². The van der Waals surface area contributed by atoms with Gasteiger partial charge in [-0.2, -0.15) is 0 Å². The van der Waals surface area contributed by atoms with E-state index in [4.69, 9.17) is 0 Å². The normalized spacial score (nSPS) is 15.0. The van der Waals surface area contributed by atoms with Crippen LogP contribution < -0.4 is 0 Å². The van der Waals surface area contributed by atoms with Crippen LogP contribution in [0, 0.1) is 11.3 Å². The molecule has 92 valence electrons. The van der Waals surface area contributed by atoms with Gasteiger partial charge >= 0.3 is 0 Å². The highest BCUT2D eigenvalue weighted by Crippen LogP contribution is 2.31. The quantitative estimate of drug-likeness (QED) is 0.613. The summed E-state index contributed by atoms with van der Waals surface area (Å²) < 4.78 is 0. The molecule has 0 aliphatic heterocycles. The van der Waals surface area contributed by atoms with Crippen LogP contribution >= 0.6 is 0 Å². The highest BCUT2D eigenvalue weighted by Gasteiger charge is 2.24. The Morgan fingerprint density at radius 3 is 2.00 bits per heavy atom. The van der Waals surface area contributed by atoms with Crippen LogP contribution in [0.2, 0.25) is 0 Å². The minimum atomic E-state index is 0.499. The van der Waals surface area contributed by atoms with Gasteiger partial charge in [-0.25, -0.2) is 0 Å². The van der Waals surface area contributed by atoms with Gasteiger partial charge in [0.15, 0.2) is 0 Å². The highest BCUT2D eigenvalue weighted by atomic mass is 15.1. The second-order valence-electron chi connectivity index (χ2n) is 6.37. The van der Waals surface area contributed by atoms with Crippen molar-refractivity contribution in [3.63, 3.8) is 0 Å². The van der Waals surface area contributed by atoms with Gasteiger partial charge in [0.05, 0.1) is 0 Å². The first kappa shape index (κ1) is 15.0. The summed E-state index contributed by atoms with van der Waals surface area (Å²) in [5.41, 5.74) is 0.499. The SMILES string of the molecule is CCCC(C)(C)CC(CC(C)C)N(C)C. The summed E-state index contributed by atoms with van der Waals surface area (Å²) in [4.78, 5) is 2.40. The molecule has 1 unspecified atom stereocenters. The van der Waals surface area contributed by atoms with Gasteiger partial charge in [0, 0.05) is 6.04 Å². The maximum Gasteiger partial charge on any atom is 0.00966 e. The average molecular weight is 213 g/mol. The third-order valence-corrected chi connectivity index (χ3v) is 3.19. The first-order valence-electron chi connectivity index (χ1n) is 6.45. The summed E-state index contributed by atoms with van der Waals surface area (Å²) in [7, 11) is 4.43. The third-order valence-electron chi connectivity index (χ3n) is 3.19. The van der Waals surface area contributed by atoms with Crippen LogP contribution in [0.4, 0.5) is 0 Å². The van der Waals surface area contributed by atoms with Crippen LogP contribution in [0.1, 0.15) is 60.3 Å². The molecule has 1 atom stereocenters. The fraction of sp³-hybridized carbons (Fsp3) is 1.00. The fourth-order valence-electron chi connectivity index (χ4n) is 2.44. The molecule has 0 bridgehead atoms. The minimum absolute atomic E-state index is 0.499. The van der Waals surface area contributed by atoms with Crippen molar-refractivity contribution >= 4 is 0 Å². The van der Waals surface area contributed by atoms with E-state index in [2.05, 4.69) is 53.6 Å². The van der Waals surface area contributed by atoms with E-state index in [-0.39, 0.29) is 0 Å². The van der Waals surface area contributed by atoms with Gasteiger partial charge in [-0.1, -0.05) is 41.0 Å². The Kier molecular flexibility index (Phi) is 6.51. The number of hydrogen-bond acceptors (Lipinski definition) is 1. The van der Waals surface area contributed by atoms with Crippen molar-refractivity contribution in [2.45, 2.75) is 66.3 Å². The van der Waals surface area contributed by atoms with Crippen LogP contribution in [0.5, 0.6) is 0 Å². The van der Waals surface area contributed by atoms with Crippen LogP contribution in [-0.4, -0.2) is 25.0 Å². The Labute approximate surface area is 97.2 Å². The Bertz CT molecular complexity index is 159. The second kappa shape index (κ2) is 6.52. The van der Waals surface area contributed by atoms with Gasteiger partial charge in [-0.15, -0.1) is 0 Å². The first-order valence-corrected chi connectivity index (χ1v) is 6.45. The molecule has 1 nitrogen and oxygen atoms in total. The molecule has 0 saturated heterocycles. The number of rotatable bonds is 7. The maximum absolute atomic E-state index is 2.41. The largest absolute Gasteiger partial charge is 0.306 e. The van der Waals surface area contributed by atoms with Crippen molar-refractivity contribution in [3.8, 4) is 0 Å². The monoisotopic (exact) mass is 213 g/mol. The molecule has 0 heterocycles. The van der Waals surface area contributed by atoms with E-state index in [1.165, 1.54) is 25.7 Å². The van der Waals surface area contributed by atoms with Gasteiger partial charge in [0.2, 0.25) is 0 Å². The average Bonchev–Trinajstić information content (AvgIpc) is 2.00. The zero-order valence-corrected chi connectivity index (χ0v) is 11.9. The first-order chi connectivity index (χ1) is 6.78. The summed E-state index contributed by atoms with van der Waals surface area (Å²) in [6.07, 6.45) is 5.29. The van der Waals surface area contributed by atoms with Gasteiger partial charge in [-0.05, 0) is 44.7 Å². The lowest BCUT2D eigenvalue weighted by atomic mass is 9.79. The molecule has 0 rings (SSSR count). The molecule has 0 spiro atoms. The summed E-state index contributed by atoms with van der Waals surface area (Å²) >= 11 is 0. The van der Waals surface area contributed by atoms with Gasteiger partial charge in [-0.3, -0.25) is 0 Å². The lowest BCUT2D eigenvalue weighted by molar-refractivity contribution is 0.165. The van der Waals surface area contributed by atoms with Crippen LogP contribution in [0.25, 0.3) is 0 Å². The molecule has 0 radical (unpaired) electrons. The Balaban J connectivity index is 4.26. The highest BCUT2D eigenvalue weighted by molar-refractivity contribution is 4.78. The molecule has 1 heteroatoms. The molecule has 0 N–H and O–H groups in total. The van der Waals surface area contributed by atoms with Gasteiger partial charge in [0.1, 0.15) is 0 Å². The Hall–Kier alpha value is -0.0400. The molecule has 0 aliphatic carbocycles. The Morgan fingerprint density at radius 1 is 1.13 bits per heavy atom. The van der Waals surface area contributed by atoms with Crippen LogP contribution in [0.3, 0.4) is 0 Å². The van der Waals surface area contributed by atoms with Crippen molar-refractivity contribution in [1.82, 2.24) is 4.90 Å². The molecule has 0 aromatic heterocycles. The summed E-state index contributed by atoms with van der Waals surface area (Å²) in [6.45, 7) is 11.8. The standard InChI is InChI=1S/C14H31N/c1-8-9-14(4,5)11-13(15(6)7)10-12(2)3/h12-13H,8-11H2,1-7H3. The van der Waals surface area contributed by atoms with E-state index in [1.807, 2.05) is 0 Å². The van der Waals surface area contributed by atoms with Gasteiger partial charge in [0.25, 0.3) is 0 Å². The molecule has 0 aromatic rings. The van der Waals surface area contributed by atoms with Gasteiger partial charge < -0.3 is 4.90 Å². The van der Waals surface area contributed by atoms with Crippen molar-refractivity contribution in [2.75, 3.05) is 14.1 Å². The predicted molar refractivity (Wildman–Crippen MR) is 70.2 cm³/mol. The number of hydrogen-bond donors (Lipinski definition) is 0. The predicted octanol–water partition coefficient (Wildman–Crippen LogP) is 4.18. The van der Waals surface area contributed by atoms with E-state index in [0.717, 1.165) is 12.0 Å². The molecule has 0 aliphatic rings. The molecule has 15 heavy (non-hydrogen) atoms. The van der Waals surface area contributed by atoms with E-state index < -0.39 is 0 Å². The fourth-order valence-corrected chi connectivity index (χ4v) is 2.44. The molecule has 0 aromatic carbocycles. The van der Waals surface area contributed by atoms with Crippen LogP contribution in [0.15, 0.2) is 0 Å². The maximum atomic E-state index is 2.41.